The fourth-order valence-corrected chi connectivity index (χ4v) is 2.87. The zero-order chi connectivity index (χ0) is 17.0. The van der Waals surface area contributed by atoms with E-state index in [-0.39, 0.29) is 6.61 Å². The Balaban J connectivity index is 1.76. The van der Waals surface area contributed by atoms with Gasteiger partial charge in [0.25, 0.3) is 0 Å². The molecule has 1 aromatic carbocycles. The van der Waals surface area contributed by atoms with Crippen LogP contribution >= 0.6 is 11.6 Å². The van der Waals surface area contributed by atoms with Gasteiger partial charge >= 0.3 is 5.97 Å². The van der Waals surface area contributed by atoms with Crippen molar-refractivity contribution in [3.8, 4) is 17.3 Å². The van der Waals surface area contributed by atoms with Gasteiger partial charge < -0.3 is 9.47 Å². The first-order valence-corrected chi connectivity index (χ1v) is 7.97. The van der Waals surface area contributed by atoms with Crippen LogP contribution < -0.4 is 0 Å². The second kappa shape index (κ2) is 7.04. The molecule has 0 aliphatic carbocycles. The number of H-pyrrole nitrogens is 1. The Labute approximate surface area is 144 Å². The molecule has 0 saturated carbocycles. The van der Waals surface area contributed by atoms with Crippen LogP contribution in [0.25, 0.3) is 11.3 Å². The van der Waals surface area contributed by atoms with Gasteiger partial charge in [-0.1, -0.05) is 29.8 Å². The van der Waals surface area contributed by atoms with E-state index in [1.807, 2.05) is 12.1 Å². The summed E-state index contributed by atoms with van der Waals surface area (Å²) >= 11 is 6.18. The zero-order valence-electron chi connectivity index (χ0n) is 12.9. The average Bonchev–Trinajstić information content (AvgIpc) is 3.10. The minimum atomic E-state index is -0.678. The van der Waals surface area contributed by atoms with Crippen molar-refractivity contribution in [2.75, 3.05) is 19.8 Å². The van der Waals surface area contributed by atoms with Crippen LogP contribution in [0, 0.1) is 16.7 Å². The van der Waals surface area contributed by atoms with E-state index in [1.165, 1.54) is 6.20 Å². The molecule has 0 bridgehead atoms. The van der Waals surface area contributed by atoms with Gasteiger partial charge in [-0.3, -0.25) is 5.10 Å². The third kappa shape index (κ3) is 3.28. The molecule has 124 valence electrons. The molecule has 0 atom stereocenters. The Morgan fingerprint density at radius 3 is 2.88 bits per heavy atom. The number of nitrogens with zero attached hydrogens (tertiary/aromatic N) is 2. The van der Waals surface area contributed by atoms with E-state index in [9.17, 15) is 10.1 Å². The normalized spacial score (nSPS) is 16.3. The third-order valence-corrected chi connectivity index (χ3v) is 4.50. The number of carbonyl (C=O) groups is 1. The van der Waals surface area contributed by atoms with Crippen molar-refractivity contribution in [3.05, 3.63) is 41.0 Å². The summed E-state index contributed by atoms with van der Waals surface area (Å²) in [5, 5.41) is 16.6. The largest absolute Gasteiger partial charge is 0.460 e. The minimum absolute atomic E-state index is 0.0405. The molecular formula is C17H16ClN3O3. The number of hydrogen-bond acceptors (Lipinski definition) is 5. The van der Waals surface area contributed by atoms with Crippen LogP contribution in [0.5, 0.6) is 0 Å². The van der Waals surface area contributed by atoms with Crippen LogP contribution in [0.3, 0.4) is 0 Å². The molecule has 1 fully saturated rings. The summed E-state index contributed by atoms with van der Waals surface area (Å²) in [4.78, 5) is 12.4. The number of halogens is 1. The van der Waals surface area contributed by atoms with Crippen molar-refractivity contribution >= 4 is 17.6 Å². The van der Waals surface area contributed by atoms with Gasteiger partial charge in [-0.15, -0.1) is 0 Å². The van der Waals surface area contributed by atoms with E-state index in [0.717, 1.165) is 0 Å². The number of aromatic amines is 1. The molecule has 2 aromatic rings. The quantitative estimate of drug-likeness (QED) is 0.859. The number of hydrogen-bond donors (Lipinski definition) is 1. The first-order chi connectivity index (χ1) is 11.7. The second-order valence-corrected chi connectivity index (χ2v) is 6.13. The average molecular weight is 346 g/mol. The fraction of sp³-hybridized carbons (Fsp3) is 0.353. The molecule has 1 aromatic heterocycles. The Kier molecular flexibility index (Phi) is 4.84. The molecule has 2 heterocycles. The lowest BCUT2D eigenvalue weighted by Crippen LogP contribution is -2.33. The van der Waals surface area contributed by atoms with E-state index in [2.05, 4.69) is 16.3 Å². The maximum absolute atomic E-state index is 12.4. The molecule has 3 rings (SSSR count). The summed E-state index contributed by atoms with van der Waals surface area (Å²) in [6, 6.07) is 9.43. The molecule has 0 unspecified atom stereocenters. The highest BCUT2D eigenvalue weighted by Crippen LogP contribution is 2.32. The summed E-state index contributed by atoms with van der Waals surface area (Å²) in [6.45, 7) is 1.04. The molecule has 7 heteroatoms. The number of carbonyl (C=O) groups excluding carboxylic acids is 1. The SMILES string of the molecule is N#CC1(COC(=O)c2cn[nH]c2-c2ccccc2Cl)CCOCC1. The van der Waals surface area contributed by atoms with E-state index in [0.29, 0.717) is 47.9 Å². The van der Waals surface area contributed by atoms with Crippen LogP contribution in [-0.2, 0) is 9.47 Å². The van der Waals surface area contributed by atoms with Gasteiger partial charge in [0, 0.05) is 23.8 Å². The van der Waals surface area contributed by atoms with Gasteiger partial charge in [-0.2, -0.15) is 10.4 Å². The van der Waals surface area contributed by atoms with Gasteiger partial charge in [0.15, 0.2) is 0 Å². The lowest BCUT2D eigenvalue weighted by Gasteiger charge is -2.29. The highest BCUT2D eigenvalue weighted by Gasteiger charge is 2.34. The number of nitriles is 1. The van der Waals surface area contributed by atoms with E-state index < -0.39 is 11.4 Å². The minimum Gasteiger partial charge on any atom is -0.460 e. The van der Waals surface area contributed by atoms with Crippen molar-refractivity contribution in [2.24, 2.45) is 5.41 Å². The topological polar surface area (TPSA) is 88.0 Å². The Morgan fingerprint density at radius 1 is 1.42 bits per heavy atom. The highest BCUT2D eigenvalue weighted by molar-refractivity contribution is 6.33. The first kappa shape index (κ1) is 16.5. The van der Waals surface area contributed by atoms with Crippen LogP contribution in [0.1, 0.15) is 23.2 Å². The molecule has 0 radical (unpaired) electrons. The van der Waals surface area contributed by atoms with Crippen molar-refractivity contribution in [2.45, 2.75) is 12.8 Å². The van der Waals surface area contributed by atoms with Crippen molar-refractivity contribution < 1.29 is 14.3 Å². The first-order valence-electron chi connectivity index (χ1n) is 7.60. The van der Waals surface area contributed by atoms with Gasteiger partial charge in [0.05, 0.1) is 23.4 Å². The molecule has 6 nitrogen and oxygen atoms in total. The molecule has 1 aliphatic heterocycles. The van der Waals surface area contributed by atoms with E-state index >= 15 is 0 Å². The molecular weight excluding hydrogens is 330 g/mol. The number of benzene rings is 1. The Bertz CT molecular complexity index is 775. The Morgan fingerprint density at radius 2 is 2.17 bits per heavy atom. The predicted molar refractivity (Wildman–Crippen MR) is 87.4 cm³/mol. The van der Waals surface area contributed by atoms with Crippen LogP contribution in [0.2, 0.25) is 5.02 Å². The van der Waals surface area contributed by atoms with Gasteiger partial charge in [0.1, 0.15) is 12.2 Å². The number of esters is 1. The summed E-state index contributed by atoms with van der Waals surface area (Å²) in [5.41, 5.74) is 0.791. The molecule has 0 spiro atoms. The van der Waals surface area contributed by atoms with E-state index in [1.54, 1.807) is 12.1 Å². The molecule has 1 saturated heterocycles. The Hall–Kier alpha value is -2.36. The van der Waals surface area contributed by atoms with Gasteiger partial charge in [-0.05, 0) is 18.9 Å². The smallest absolute Gasteiger partial charge is 0.342 e. The van der Waals surface area contributed by atoms with Crippen molar-refractivity contribution in [1.29, 1.82) is 5.26 Å². The van der Waals surface area contributed by atoms with Crippen molar-refractivity contribution in [3.63, 3.8) is 0 Å². The molecule has 1 aliphatic rings. The van der Waals surface area contributed by atoms with Gasteiger partial charge in [0.2, 0.25) is 0 Å². The maximum Gasteiger partial charge on any atom is 0.342 e. The predicted octanol–water partition coefficient (Wildman–Crippen LogP) is 3.21. The second-order valence-electron chi connectivity index (χ2n) is 5.72. The lowest BCUT2D eigenvalue weighted by molar-refractivity contribution is -0.00462. The summed E-state index contributed by atoms with van der Waals surface area (Å²) in [5.74, 6) is -0.528. The van der Waals surface area contributed by atoms with Crippen LogP contribution in [0.15, 0.2) is 30.5 Å². The number of nitrogens with one attached hydrogen (secondary N) is 1. The summed E-state index contributed by atoms with van der Waals surface area (Å²) < 4.78 is 10.7. The monoisotopic (exact) mass is 345 g/mol. The van der Waals surface area contributed by atoms with Crippen LogP contribution in [0.4, 0.5) is 0 Å². The fourth-order valence-electron chi connectivity index (χ4n) is 2.64. The molecule has 1 N–H and O–H groups in total. The lowest BCUT2D eigenvalue weighted by atomic mass is 9.83. The summed E-state index contributed by atoms with van der Waals surface area (Å²) in [6.07, 6.45) is 2.52. The van der Waals surface area contributed by atoms with Gasteiger partial charge in [-0.25, -0.2) is 4.79 Å². The molecule has 0 amide bonds. The third-order valence-electron chi connectivity index (χ3n) is 4.17. The summed E-state index contributed by atoms with van der Waals surface area (Å²) in [7, 11) is 0. The number of aromatic nitrogens is 2. The number of rotatable bonds is 4. The standard InChI is InChI=1S/C17H16ClN3O3/c18-14-4-2-1-3-12(14)15-13(9-20-21-15)16(22)24-11-17(10-19)5-7-23-8-6-17/h1-4,9H,5-8,11H2,(H,20,21). The molecule has 24 heavy (non-hydrogen) atoms. The number of ether oxygens (including phenoxy) is 2. The van der Waals surface area contributed by atoms with E-state index in [4.69, 9.17) is 21.1 Å². The van der Waals surface area contributed by atoms with Crippen LogP contribution in [-0.4, -0.2) is 36.0 Å². The highest BCUT2D eigenvalue weighted by atomic mass is 35.5. The van der Waals surface area contributed by atoms with Crippen molar-refractivity contribution in [1.82, 2.24) is 10.2 Å². The zero-order valence-corrected chi connectivity index (χ0v) is 13.7. The maximum atomic E-state index is 12.4.